The highest BCUT2D eigenvalue weighted by molar-refractivity contribution is 5.99. The molecule has 0 radical (unpaired) electrons. The fraction of sp³-hybridized carbons (Fsp3) is 0.167. The molecule has 1 heterocycles. The van der Waals surface area contributed by atoms with Gasteiger partial charge >= 0.3 is 0 Å². The summed E-state index contributed by atoms with van der Waals surface area (Å²) in [7, 11) is 1.71. The van der Waals surface area contributed by atoms with Crippen molar-refractivity contribution in [1.29, 1.82) is 0 Å². The van der Waals surface area contributed by atoms with Gasteiger partial charge in [0.2, 0.25) is 0 Å². The van der Waals surface area contributed by atoms with E-state index in [1.54, 1.807) is 7.11 Å². The maximum Gasteiger partial charge on any atom is 0.255 e. The average Bonchev–Trinajstić information content (AvgIpc) is 3.23. The van der Waals surface area contributed by atoms with E-state index in [4.69, 9.17) is 4.74 Å². The number of amides is 1. The second kappa shape index (κ2) is 7.63. The molecule has 0 saturated carbocycles. The van der Waals surface area contributed by atoms with Gasteiger partial charge in [0.1, 0.15) is 5.75 Å². The molecule has 1 amide bonds. The molecule has 6 rings (SSSR count). The summed E-state index contributed by atoms with van der Waals surface area (Å²) in [6, 6.07) is 35.4. The van der Waals surface area contributed by atoms with Crippen LogP contribution in [0.15, 0.2) is 103 Å². The van der Waals surface area contributed by atoms with Crippen LogP contribution in [0.3, 0.4) is 0 Å². The van der Waals surface area contributed by atoms with E-state index in [1.807, 2.05) is 36.4 Å². The Labute approximate surface area is 194 Å². The molecular weight excluding hydrogens is 406 g/mol. The van der Waals surface area contributed by atoms with Crippen molar-refractivity contribution in [2.45, 2.75) is 24.4 Å². The van der Waals surface area contributed by atoms with Crippen molar-refractivity contribution in [1.82, 2.24) is 4.90 Å². The molecule has 33 heavy (non-hydrogen) atoms. The van der Waals surface area contributed by atoms with Crippen LogP contribution in [0.1, 0.15) is 44.2 Å². The fourth-order valence-electron chi connectivity index (χ4n) is 5.89. The van der Waals surface area contributed by atoms with Crippen LogP contribution in [0.5, 0.6) is 5.75 Å². The quantitative estimate of drug-likeness (QED) is 0.401. The van der Waals surface area contributed by atoms with Crippen LogP contribution in [-0.4, -0.2) is 17.9 Å². The predicted octanol–water partition coefficient (Wildman–Crippen LogP) is 5.93. The van der Waals surface area contributed by atoms with E-state index >= 15 is 0 Å². The van der Waals surface area contributed by atoms with Crippen molar-refractivity contribution >= 4 is 5.91 Å². The van der Waals surface area contributed by atoms with Crippen LogP contribution in [-0.2, 0) is 18.4 Å². The second-order valence-electron chi connectivity index (χ2n) is 8.95. The molecule has 3 nitrogen and oxygen atoms in total. The highest BCUT2D eigenvalue weighted by atomic mass is 16.5. The third-order valence-electron chi connectivity index (χ3n) is 7.28. The van der Waals surface area contributed by atoms with Crippen molar-refractivity contribution in [2.75, 3.05) is 7.11 Å². The lowest BCUT2D eigenvalue weighted by molar-refractivity contribution is 0.0540. The van der Waals surface area contributed by atoms with Gasteiger partial charge in [-0.05, 0) is 52.4 Å². The molecule has 1 aliphatic carbocycles. The van der Waals surface area contributed by atoms with Crippen molar-refractivity contribution in [3.05, 3.63) is 137 Å². The Kier molecular flexibility index (Phi) is 4.58. The van der Waals surface area contributed by atoms with Crippen molar-refractivity contribution in [3.63, 3.8) is 0 Å². The summed E-state index contributed by atoms with van der Waals surface area (Å²) in [6.45, 7) is 0.568. The van der Waals surface area contributed by atoms with Crippen molar-refractivity contribution in [2.24, 2.45) is 0 Å². The van der Waals surface area contributed by atoms with Crippen molar-refractivity contribution in [3.8, 4) is 5.75 Å². The Bertz CT molecular complexity index is 1330. The maximum atomic E-state index is 14.0. The number of benzene rings is 4. The molecule has 2 atom stereocenters. The molecule has 4 aromatic carbocycles. The summed E-state index contributed by atoms with van der Waals surface area (Å²) in [5.41, 5.74) is 6.38. The lowest BCUT2D eigenvalue weighted by Gasteiger charge is -2.48. The number of nitrogens with zero attached hydrogens (tertiary/aromatic N) is 1. The highest BCUT2D eigenvalue weighted by Gasteiger charge is 2.56. The van der Waals surface area contributed by atoms with E-state index in [0.717, 1.165) is 28.9 Å². The van der Waals surface area contributed by atoms with Gasteiger partial charge in [-0.25, -0.2) is 0 Å². The predicted molar refractivity (Wildman–Crippen MR) is 129 cm³/mol. The van der Waals surface area contributed by atoms with E-state index in [-0.39, 0.29) is 17.4 Å². The van der Waals surface area contributed by atoms with Crippen LogP contribution >= 0.6 is 0 Å². The topological polar surface area (TPSA) is 29.5 Å². The summed E-state index contributed by atoms with van der Waals surface area (Å²) in [6.07, 6.45) is 0.823. The van der Waals surface area contributed by atoms with E-state index in [0.29, 0.717) is 6.54 Å². The van der Waals surface area contributed by atoms with Gasteiger partial charge in [0.05, 0.1) is 13.2 Å². The monoisotopic (exact) mass is 431 g/mol. The number of hydrogen-bond acceptors (Lipinski definition) is 2. The summed E-state index contributed by atoms with van der Waals surface area (Å²) in [4.78, 5) is 16.1. The van der Waals surface area contributed by atoms with Gasteiger partial charge in [0, 0.05) is 17.5 Å². The van der Waals surface area contributed by atoms with Gasteiger partial charge < -0.3 is 9.64 Å². The standard InChI is InChI=1S/C30H25NO2/c1-33-24-16-17-25-22(18-24)19-30(23-12-6-3-7-13-23)27-15-9-8-14-26(27)29(32)31(28(25)30)20-21-10-4-2-5-11-21/h2-18,28H,19-20H2,1H3/t28-,30+/m0/s1. The summed E-state index contributed by atoms with van der Waals surface area (Å²) >= 11 is 0. The molecule has 0 spiro atoms. The summed E-state index contributed by atoms with van der Waals surface area (Å²) in [5.74, 6) is 0.944. The van der Waals surface area contributed by atoms with Gasteiger partial charge in [0.25, 0.3) is 5.91 Å². The van der Waals surface area contributed by atoms with E-state index in [1.165, 1.54) is 16.7 Å². The zero-order valence-corrected chi connectivity index (χ0v) is 18.6. The van der Waals surface area contributed by atoms with E-state index in [2.05, 4.69) is 71.6 Å². The zero-order valence-electron chi connectivity index (χ0n) is 18.6. The molecule has 3 heteroatoms. The molecule has 0 N–H and O–H groups in total. The van der Waals surface area contributed by atoms with Gasteiger partial charge in [-0.1, -0.05) is 84.9 Å². The number of carbonyl (C=O) groups is 1. The Morgan fingerprint density at radius 1 is 0.879 bits per heavy atom. The minimum atomic E-state index is -0.352. The van der Waals surface area contributed by atoms with Gasteiger partial charge in [-0.15, -0.1) is 0 Å². The molecule has 0 fully saturated rings. The van der Waals surface area contributed by atoms with Crippen LogP contribution in [0.2, 0.25) is 0 Å². The fourth-order valence-corrected chi connectivity index (χ4v) is 5.89. The van der Waals surface area contributed by atoms with Gasteiger partial charge in [-0.3, -0.25) is 4.79 Å². The number of methoxy groups -OCH3 is 1. The van der Waals surface area contributed by atoms with Crippen LogP contribution in [0.25, 0.3) is 0 Å². The number of fused-ring (bicyclic) bond motifs is 5. The summed E-state index contributed by atoms with van der Waals surface area (Å²) < 4.78 is 5.56. The molecular formula is C30H25NO2. The molecule has 162 valence electrons. The lowest BCUT2D eigenvalue weighted by atomic mass is 9.65. The number of hydrogen-bond donors (Lipinski definition) is 0. The lowest BCUT2D eigenvalue weighted by Crippen LogP contribution is -2.50. The molecule has 0 aromatic heterocycles. The van der Waals surface area contributed by atoms with E-state index < -0.39 is 0 Å². The number of carbonyl (C=O) groups excluding carboxylic acids is 1. The Morgan fingerprint density at radius 3 is 2.33 bits per heavy atom. The third-order valence-corrected chi connectivity index (χ3v) is 7.28. The first kappa shape index (κ1) is 19.8. The normalized spacial score (nSPS) is 20.7. The first-order valence-electron chi connectivity index (χ1n) is 11.4. The van der Waals surface area contributed by atoms with Gasteiger partial charge in [0.15, 0.2) is 0 Å². The second-order valence-corrected chi connectivity index (χ2v) is 8.95. The minimum absolute atomic E-state index is 0.0923. The molecule has 4 aromatic rings. The first-order chi connectivity index (χ1) is 16.2. The van der Waals surface area contributed by atoms with E-state index in [9.17, 15) is 4.79 Å². The molecule has 1 aliphatic heterocycles. The Hall–Kier alpha value is -3.85. The van der Waals surface area contributed by atoms with Crippen LogP contribution < -0.4 is 4.74 Å². The largest absolute Gasteiger partial charge is 0.497 e. The molecule has 2 aliphatic rings. The average molecular weight is 432 g/mol. The highest BCUT2D eigenvalue weighted by Crippen LogP contribution is 2.58. The van der Waals surface area contributed by atoms with Crippen molar-refractivity contribution < 1.29 is 9.53 Å². The molecule has 0 saturated heterocycles. The minimum Gasteiger partial charge on any atom is -0.497 e. The third kappa shape index (κ3) is 2.92. The Balaban J connectivity index is 1.64. The Morgan fingerprint density at radius 2 is 1.58 bits per heavy atom. The molecule has 0 bridgehead atoms. The number of ether oxygens (including phenoxy) is 1. The van der Waals surface area contributed by atoms with Crippen LogP contribution in [0.4, 0.5) is 0 Å². The summed E-state index contributed by atoms with van der Waals surface area (Å²) in [5, 5.41) is 0. The first-order valence-corrected chi connectivity index (χ1v) is 11.4. The maximum absolute atomic E-state index is 14.0. The number of rotatable bonds is 4. The zero-order chi connectivity index (χ0) is 22.4. The molecule has 0 unspecified atom stereocenters. The van der Waals surface area contributed by atoms with Gasteiger partial charge in [-0.2, -0.15) is 0 Å². The SMILES string of the molecule is COc1ccc2c(c1)C[C@@]1(c3ccccc3)c3ccccc3C(=O)N(Cc3ccccc3)[C@@H]21. The smallest absolute Gasteiger partial charge is 0.255 e. The van der Waals surface area contributed by atoms with Crippen LogP contribution in [0, 0.1) is 0 Å².